The minimum absolute atomic E-state index is 0.0631. The molecule has 4 rings (SSSR count). The molecule has 0 aliphatic rings. The number of aromatic amines is 1. The summed E-state index contributed by atoms with van der Waals surface area (Å²) in [6.07, 6.45) is -1.40. The first-order valence-corrected chi connectivity index (χ1v) is 8.59. The van der Waals surface area contributed by atoms with Gasteiger partial charge in [0, 0.05) is 30.2 Å². The number of fused-ring (bicyclic) bond motifs is 1. The Bertz CT molecular complexity index is 1240. The summed E-state index contributed by atoms with van der Waals surface area (Å²) < 4.78 is 58.9. The van der Waals surface area contributed by atoms with Crippen LogP contribution in [0.3, 0.4) is 0 Å². The highest BCUT2D eigenvalue weighted by Gasteiger charge is 2.33. The molecular formula is C19H14F4N6O. The summed E-state index contributed by atoms with van der Waals surface area (Å²) in [5, 5.41) is 3.30. The lowest BCUT2D eigenvalue weighted by Gasteiger charge is -2.12. The average Bonchev–Trinajstić information content (AvgIpc) is 3.05. The predicted molar refractivity (Wildman–Crippen MR) is 102 cm³/mol. The van der Waals surface area contributed by atoms with Gasteiger partial charge in [0.1, 0.15) is 17.2 Å². The first-order valence-electron chi connectivity index (χ1n) is 8.59. The molecule has 0 saturated heterocycles. The van der Waals surface area contributed by atoms with E-state index in [0.29, 0.717) is 17.5 Å². The van der Waals surface area contributed by atoms with Crippen LogP contribution in [0.15, 0.2) is 42.7 Å². The molecule has 0 atom stereocenters. The number of hydrogen-bond acceptors (Lipinski definition) is 6. The molecule has 0 spiro atoms. The maximum atomic E-state index is 14.6. The fourth-order valence-corrected chi connectivity index (χ4v) is 2.87. The van der Waals surface area contributed by atoms with E-state index in [1.807, 2.05) is 6.92 Å². The molecule has 11 heteroatoms. The van der Waals surface area contributed by atoms with E-state index in [1.54, 1.807) is 12.3 Å². The zero-order chi connectivity index (χ0) is 21.5. The Balaban J connectivity index is 1.60. The Kier molecular flexibility index (Phi) is 4.65. The van der Waals surface area contributed by atoms with E-state index in [4.69, 9.17) is 10.5 Å². The summed E-state index contributed by atoms with van der Waals surface area (Å²) >= 11 is 0. The van der Waals surface area contributed by atoms with Crippen LogP contribution in [0.2, 0.25) is 0 Å². The van der Waals surface area contributed by atoms with Crippen LogP contribution in [-0.2, 0) is 6.18 Å². The lowest BCUT2D eigenvalue weighted by atomic mass is 10.2. The first-order chi connectivity index (χ1) is 14.2. The van der Waals surface area contributed by atoms with Gasteiger partial charge < -0.3 is 20.8 Å². The topological polar surface area (TPSA) is 102 Å². The summed E-state index contributed by atoms with van der Waals surface area (Å²) in [6, 6.07) is 6.15. The molecule has 0 radical (unpaired) electrons. The van der Waals surface area contributed by atoms with Crippen LogP contribution < -0.4 is 15.8 Å². The van der Waals surface area contributed by atoms with E-state index in [-0.39, 0.29) is 17.3 Å². The van der Waals surface area contributed by atoms with Crippen molar-refractivity contribution in [2.75, 3.05) is 11.1 Å². The normalized spacial score (nSPS) is 11.6. The molecule has 0 amide bonds. The van der Waals surface area contributed by atoms with Crippen LogP contribution >= 0.6 is 0 Å². The van der Waals surface area contributed by atoms with Crippen molar-refractivity contribution in [3.63, 3.8) is 0 Å². The van der Waals surface area contributed by atoms with Crippen molar-refractivity contribution in [2.45, 2.75) is 13.1 Å². The molecular weight excluding hydrogens is 404 g/mol. The summed E-state index contributed by atoms with van der Waals surface area (Å²) in [6.45, 7) is 1.86. The summed E-state index contributed by atoms with van der Waals surface area (Å²) in [4.78, 5) is 14.0. The van der Waals surface area contributed by atoms with Gasteiger partial charge in [0.2, 0.25) is 5.95 Å². The van der Waals surface area contributed by atoms with Crippen LogP contribution in [0.4, 0.5) is 35.0 Å². The SMILES string of the molecule is Cc1c[nH]c2nccc(Oc3ccc(Nc4cc(C(F)(F)F)nc(N)n4)cc3F)c12. The number of hydrogen-bond donors (Lipinski definition) is 3. The number of pyridine rings is 1. The van der Waals surface area contributed by atoms with E-state index < -0.39 is 23.6 Å². The molecule has 4 N–H and O–H groups in total. The quantitative estimate of drug-likeness (QED) is 0.406. The number of aromatic nitrogens is 4. The van der Waals surface area contributed by atoms with E-state index in [2.05, 4.69) is 25.3 Å². The third kappa shape index (κ3) is 3.81. The second-order valence-electron chi connectivity index (χ2n) is 6.37. The number of nitrogen functional groups attached to an aromatic ring is 1. The molecule has 0 saturated carbocycles. The third-order valence-electron chi connectivity index (χ3n) is 4.19. The molecule has 4 aromatic rings. The van der Waals surface area contributed by atoms with Gasteiger partial charge in [-0.2, -0.15) is 18.2 Å². The highest BCUT2D eigenvalue weighted by molar-refractivity contribution is 5.86. The molecule has 30 heavy (non-hydrogen) atoms. The lowest BCUT2D eigenvalue weighted by molar-refractivity contribution is -0.141. The summed E-state index contributed by atoms with van der Waals surface area (Å²) in [7, 11) is 0. The predicted octanol–water partition coefficient (Wildman–Crippen LogP) is 4.94. The largest absolute Gasteiger partial charge is 0.453 e. The molecule has 3 aromatic heterocycles. The Morgan fingerprint density at radius 1 is 1.10 bits per heavy atom. The summed E-state index contributed by atoms with van der Waals surface area (Å²) in [5.41, 5.74) is 5.77. The van der Waals surface area contributed by atoms with Gasteiger partial charge in [0.25, 0.3) is 0 Å². The minimum Gasteiger partial charge on any atom is -0.453 e. The van der Waals surface area contributed by atoms with E-state index in [0.717, 1.165) is 17.0 Å². The monoisotopic (exact) mass is 418 g/mol. The maximum absolute atomic E-state index is 14.6. The van der Waals surface area contributed by atoms with Crippen molar-refractivity contribution in [1.82, 2.24) is 19.9 Å². The zero-order valence-corrected chi connectivity index (χ0v) is 15.4. The van der Waals surface area contributed by atoms with Gasteiger partial charge in [-0.1, -0.05) is 0 Å². The molecule has 154 valence electrons. The van der Waals surface area contributed by atoms with Crippen molar-refractivity contribution in [1.29, 1.82) is 0 Å². The van der Waals surface area contributed by atoms with Crippen molar-refractivity contribution >= 4 is 28.5 Å². The lowest BCUT2D eigenvalue weighted by Crippen LogP contribution is -2.12. The van der Waals surface area contributed by atoms with Gasteiger partial charge in [0.15, 0.2) is 17.3 Å². The Morgan fingerprint density at radius 3 is 2.63 bits per heavy atom. The Hall–Kier alpha value is -3.89. The van der Waals surface area contributed by atoms with Gasteiger partial charge in [-0.05, 0) is 30.7 Å². The fraction of sp³-hybridized carbons (Fsp3) is 0.105. The number of halogens is 4. The highest BCUT2D eigenvalue weighted by atomic mass is 19.4. The number of nitrogens with zero attached hydrogens (tertiary/aromatic N) is 3. The molecule has 0 fully saturated rings. The number of alkyl halides is 3. The van der Waals surface area contributed by atoms with E-state index >= 15 is 0 Å². The molecule has 0 aliphatic carbocycles. The Labute approximate surface area is 166 Å². The highest BCUT2D eigenvalue weighted by Crippen LogP contribution is 2.34. The van der Waals surface area contributed by atoms with Crippen molar-refractivity contribution in [3.8, 4) is 11.5 Å². The average molecular weight is 418 g/mol. The number of benzene rings is 1. The second kappa shape index (κ2) is 7.17. The molecule has 1 aromatic carbocycles. The number of nitrogens with two attached hydrogens (primary N) is 1. The van der Waals surface area contributed by atoms with Crippen LogP contribution in [0, 0.1) is 12.7 Å². The first kappa shape index (κ1) is 19.4. The fourth-order valence-electron chi connectivity index (χ4n) is 2.87. The smallest absolute Gasteiger partial charge is 0.433 e. The number of nitrogens with one attached hydrogen (secondary N) is 2. The zero-order valence-electron chi connectivity index (χ0n) is 15.4. The minimum atomic E-state index is -4.69. The van der Waals surface area contributed by atoms with Gasteiger partial charge in [-0.3, -0.25) is 0 Å². The van der Waals surface area contributed by atoms with Crippen LogP contribution in [0.25, 0.3) is 11.0 Å². The van der Waals surface area contributed by atoms with E-state index in [9.17, 15) is 17.6 Å². The van der Waals surface area contributed by atoms with Crippen molar-refractivity contribution in [2.24, 2.45) is 0 Å². The Morgan fingerprint density at radius 2 is 1.90 bits per heavy atom. The van der Waals surface area contributed by atoms with Crippen LogP contribution in [0.1, 0.15) is 11.3 Å². The molecule has 0 unspecified atom stereocenters. The van der Waals surface area contributed by atoms with E-state index in [1.165, 1.54) is 18.3 Å². The number of anilines is 3. The van der Waals surface area contributed by atoms with Crippen molar-refractivity contribution < 1.29 is 22.3 Å². The number of aryl methyl sites for hydroxylation is 1. The number of H-pyrrole nitrogens is 1. The third-order valence-corrected chi connectivity index (χ3v) is 4.19. The van der Waals surface area contributed by atoms with Gasteiger partial charge in [0.05, 0.1) is 5.39 Å². The molecule has 3 heterocycles. The standard InChI is InChI=1S/C19H14F4N6O/c1-9-8-26-17-16(9)13(4-5-25-17)30-12-3-2-10(6-11(12)20)27-15-7-14(19(21,22)23)28-18(24)29-15/h2-8H,1H3,(H,25,26)(H3,24,27,28,29). The molecule has 7 nitrogen and oxygen atoms in total. The van der Waals surface area contributed by atoms with Gasteiger partial charge in [-0.15, -0.1) is 0 Å². The van der Waals surface area contributed by atoms with Crippen LogP contribution in [-0.4, -0.2) is 19.9 Å². The summed E-state index contributed by atoms with van der Waals surface area (Å²) in [5.74, 6) is -1.15. The van der Waals surface area contributed by atoms with Gasteiger partial charge >= 0.3 is 6.18 Å². The van der Waals surface area contributed by atoms with Gasteiger partial charge in [-0.25, -0.2) is 14.4 Å². The molecule has 0 aliphatic heterocycles. The molecule has 0 bridgehead atoms. The number of ether oxygens (including phenoxy) is 1. The van der Waals surface area contributed by atoms with Crippen molar-refractivity contribution in [3.05, 3.63) is 59.8 Å². The second-order valence-corrected chi connectivity index (χ2v) is 6.37. The van der Waals surface area contributed by atoms with Crippen LogP contribution in [0.5, 0.6) is 11.5 Å². The number of rotatable bonds is 4. The maximum Gasteiger partial charge on any atom is 0.433 e.